The van der Waals surface area contributed by atoms with Crippen LogP contribution in [0.3, 0.4) is 0 Å². The molecule has 0 saturated carbocycles. The van der Waals surface area contributed by atoms with Gasteiger partial charge < -0.3 is 19.5 Å². The van der Waals surface area contributed by atoms with Gasteiger partial charge in [0.25, 0.3) is 0 Å². The summed E-state index contributed by atoms with van der Waals surface area (Å²) in [4.78, 5) is 2.33. The predicted octanol–water partition coefficient (Wildman–Crippen LogP) is 3.83. The summed E-state index contributed by atoms with van der Waals surface area (Å²) in [6.07, 6.45) is 1.58. The van der Waals surface area contributed by atoms with Crippen molar-refractivity contribution in [1.29, 1.82) is 0 Å². The molecule has 1 aliphatic rings. The van der Waals surface area contributed by atoms with Crippen LogP contribution in [0.25, 0.3) is 0 Å². The predicted molar refractivity (Wildman–Crippen MR) is 104 cm³/mol. The minimum Gasteiger partial charge on any atom is -0.493 e. The first-order valence-corrected chi connectivity index (χ1v) is 9.27. The average Bonchev–Trinajstić information content (AvgIpc) is 2.72. The van der Waals surface area contributed by atoms with Gasteiger partial charge in [0.1, 0.15) is 5.82 Å². The standard InChI is InChI=1S/C22H28FNO3/c1-26-20-5-3-4-19(22(20)27-2)21(25)17-11-14-24(15-12-17)13-10-16-6-8-18(23)9-7-16/h3-9,17,21,25H,10-15H2,1-2H3/i2D3. The maximum absolute atomic E-state index is 13.0. The van der Waals surface area contributed by atoms with Gasteiger partial charge in [-0.1, -0.05) is 24.3 Å². The second-order valence-corrected chi connectivity index (χ2v) is 6.98. The molecule has 1 unspecified atom stereocenters. The molecule has 1 N–H and O–H groups in total. The van der Waals surface area contributed by atoms with Crippen LogP contribution in [-0.2, 0) is 6.42 Å². The molecule has 3 rings (SSSR count). The van der Waals surface area contributed by atoms with Crippen LogP contribution in [0.1, 0.15) is 34.2 Å². The average molecular weight is 376 g/mol. The van der Waals surface area contributed by atoms with Gasteiger partial charge in [0.2, 0.25) is 0 Å². The number of ether oxygens (including phenoxy) is 2. The molecule has 1 atom stereocenters. The van der Waals surface area contributed by atoms with E-state index < -0.39 is 13.1 Å². The lowest BCUT2D eigenvalue weighted by atomic mass is 9.87. The van der Waals surface area contributed by atoms with Crippen molar-refractivity contribution >= 4 is 0 Å². The molecular weight excluding hydrogens is 345 g/mol. The summed E-state index contributed by atoms with van der Waals surface area (Å²) in [6, 6.07) is 11.6. The molecule has 0 spiro atoms. The van der Waals surface area contributed by atoms with Crippen molar-refractivity contribution in [3.63, 3.8) is 0 Å². The molecule has 0 radical (unpaired) electrons. The smallest absolute Gasteiger partial charge is 0.166 e. The molecule has 2 aromatic carbocycles. The molecule has 146 valence electrons. The van der Waals surface area contributed by atoms with Crippen LogP contribution in [0.2, 0.25) is 0 Å². The lowest BCUT2D eigenvalue weighted by Crippen LogP contribution is -2.36. The first-order chi connectivity index (χ1) is 14.3. The van der Waals surface area contributed by atoms with Gasteiger partial charge in [0.15, 0.2) is 11.5 Å². The molecule has 5 heteroatoms. The Kier molecular flexibility index (Phi) is 5.42. The summed E-state index contributed by atoms with van der Waals surface area (Å²) in [6.45, 7) is 2.55. The number of likely N-dealkylation sites (tertiary alicyclic amines) is 1. The molecule has 1 heterocycles. The highest BCUT2D eigenvalue weighted by Crippen LogP contribution is 2.39. The SMILES string of the molecule is [2H]C([2H])([2H])Oc1c(OC)cccc1C(O)C1CCN(CCc2ccc(F)cc2)CC1. The normalized spacial score (nSPS) is 19.0. The van der Waals surface area contributed by atoms with Gasteiger partial charge in [-0.25, -0.2) is 4.39 Å². The van der Waals surface area contributed by atoms with Crippen LogP contribution in [0, 0.1) is 11.7 Å². The first kappa shape index (κ1) is 15.9. The molecule has 4 nitrogen and oxygen atoms in total. The van der Waals surface area contributed by atoms with Gasteiger partial charge in [-0.05, 0) is 62.0 Å². The second-order valence-electron chi connectivity index (χ2n) is 6.98. The van der Waals surface area contributed by atoms with Gasteiger partial charge in [0.05, 0.1) is 24.4 Å². The highest BCUT2D eigenvalue weighted by molar-refractivity contribution is 5.47. The number of nitrogens with zero attached hydrogens (tertiary/aromatic N) is 1. The summed E-state index contributed by atoms with van der Waals surface area (Å²) in [5, 5.41) is 11.0. The molecule has 1 saturated heterocycles. The van der Waals surface area contributed by atoms with E-state index in [0.29, 0.717) is 11.3 Å². The molecule has 0 amide bonds. The fourth-order valence-electron chi connectivity index (χ4n) is 3.72. The van der Waals surface area contributed by atoms with Crippen LogP contribution in [-0.4, -0.2) is 43.8 Å². The summed E-state index contributed by atoms with van der Waals surface area (Å²) in [7, 11) is -1.19. The maximum Gasteiger partial charge on any atom is 0.166 e. The van der Waals surface area contributed by atoms with Gasteiger partial charge >= 0.3 is 0 Å². The minimum atomic E-state index is -2.63. The Morgan fingerprint density at radius 1 is 1.19 bits per heavy atom. The Hall–Kier alpha value is -2.11. The van der Waals surface area contributed by atoms with Crippen molar-refractivity contribution in [3.05, 3.63) is 59.4 Å². The molecule has 0 aromatic heterocycles. The Labute approximate surface area is 164 Å². The summed E-state index contributed by atoms with van der Waals surface area (Å²) < 4.78 is 45.7. The Balaban J connectivity index is 1.61. The molecule has 1 aliphatic heterocycles. The number of hydrogen-bond donors (Lipinski definition) is 1. The third-order valence-corrected chi connectivity index (χ3v) is 5.36. The number of aliphatic hydroxyl groups excluding tert-OH is 1. The molecule has 0 bridgehead atoms. The molecule has 0 aliphatic carbocycles. The molecule has 27 heavy (non-hydrogen) atoms. The van der Waals surface area contributed by atoms with Crippen LogP contribution in [0.4, 0.5) is 4.39 Å². The third kappa shape index (κ3) is 4.79. The quantitative estimate of drug-likeness (QED) is 0.797. The number of benzene rings is 2. The van der Waals surface area contributed by atoms with Crippen LogP contribution < -0.4 is 9.47 Å². The maximum atomic E-state index is 13.0. The van der Waals surface area contributed by atoms with E-state index in [1.807, 2.05) is 0 Å². The Bertz CT molecular complexity index is 821. The van der Waals surface area contributed by atoms with E-state index in [1.54, 1.807) is 30.3 Å². The van der Waals surface area contributed by atoms with E-state index in [1.165, 1.54) is 19.2 Å². The number of aliphatic hydroxyl groups is 1. The molecule has 1 fully saturated rings. The van der Waals surface area contributed by atoms with Crippen molar-refractivity contribution in [2.24, 2.45) is 5.92 Å². The monoisotopic (exact) mass is 376 g/mol. The molecule has 2 aromatic rings. The number of methoxy groups -OCH3 is 2. The van der Waals surface area contributed by atoms with Gasteiger partial charge in [0, 0.05) is 12.1 Å². The Morgan fingerprint density at radius 3 is 2.59 bits per heavy atom. The van der Waals surface area contributed by atoms with Crippen molar-refractivity contribution in [2.45, 2.75) is 25.4 Å². The number of piperidine rings is 1. The highest BCUT2D eigenvalue weighted by atomic mass is 19.1. The van der Waals surface area contributed by atoms with E-state index in [-0.39, 0.29) is 17.5 Å². The first-order valence-electron chi connectivity index (χ1n) is 10.8. The van der Waals surface area contributed by atoms with Gasteiger partial charge in [-0.3, -0.25) is 0 Å². The minimum absolute atomic E-state index is 0.00173. The topological polar surface area (TPSA) is 41.9 Å². The number of halogens is 1. The van der Waals surface area contributed by atoms with E-state index in [0.717, 1.165) is 44.5 Å². The zero-order chi connectivity index (χ0) is 21.7. The zero-order valence-corrected chi connectivity index (χ0v) is 15.5. The van der Waals surface area contributed by atoms with Crippen molar-refractivity contribution in [2.75, 3.05) is 33.8 Å². The van der Waals surface area contributed by atoms with E-state index in [2.05, 4.69) is 4.90 Å². The van der Waals surface area contributed by atoms with Crippen molar-refractivity contribution in [3.8, 4) is 11.5 Å². The van der Waals surface area contributed by atoms with Crippen LogP contribution >= 0.6 is 0 Å². The highest BCUT2D eigenvalue weighted by Gasteiger charge is 2.28. The number of rotatable bonds is 7. The van der Waals surface area contributed by atoms with E-state index >= 15 is 0 Å². The van der Waals surface area contributed by atoms with Crippen LogP contribution in [0.5, 0.6) is 11.5 Å². The number of hydrogen-bond acceptors (Lipinski definition) is 4. The van der Waals surface area contributed by atoms with Gasteiger partial charge in [-0.2, -0.15) is 0 Å². The fraction of sp³-hybridized carbons (Fsp3) is 0.455. The zero-order valence-electron chi connectivity index (χ0n) is 18.5. The second kappa shape index (κ2) is 9.20. The largest absolute Gasteiger partial charge is 0.493 e. The van der Waals surface area contributed by atoms with Crippen molar-refractivity contribution < 1.29 is 23.1 Å². The van der Waals surface area contributed by atoms with Crippen molar-refractivity contribution in [1.82, 2.24) is 4.90 Å². The third-order valence-electron chi connectivity index (χ3n) is 5.36. The molecular formula is C22H28FNO3. The van der Waals surface area contributed by atoms with E-state index in [9.17, 15) is 9.50 Å². The summed E-state index contributed by atoms with van der Waals surface area (Å²) in [5.74, 6) is 0.136. The summed E-state index contributed by atoms with van der Waals surface area (Å²) >= 11 is 0. The number of para-hydroxylation sites is 1. The van der Waals surface area contributed by atoms with Gasteiger partial charge in [-0.15, -0.1) is 0 Å². The van der Waals surface area contributed by atoms with E-state index in [4.69, 9.17) is 13.6 Å². The summed E-state index contributed by atoms with van der Waals surface area (Å²) in [5.41, 5.74) is 1.54. The lowest BCUT2D eigenvalue weighted by molar-refractivity contribution is 0.0573. The lowest BCUT2D eigenvalue weighted by Gasteiger charge is -2.34. The fourth-order valence-corrected chi connectivity index (χ4v) is 3.72. The Morgan fingerprint density at radius 2 is 1.93 bits per heavy atom. The van der Waals surface area contributed by atoms with Crippen LogP contribution in [0.15, 0.2) is 42.5 Å².